The van der Waals surface area contributed by atoms with E-state index in [4.69, 9.17) is 33.1 Å². The Morgan fingerprint density at radius 3 is 1.95 bits per heavy atom. The Kier molecular flexibility index (Phi) is 14.8. The fraction of sp³-hybridized carbons (Fsp3) is 0.889. The molecule has 0 aliphatic rings. The summed E-state index contributed by atoms with van der Waals surface area (Å²) in [6, 6.07) is 0. The molecule has 0 heterocycles. The number of hydrogen-bond donors (Lipinski definition) is 1. The van der Waals surface area contributed by atoms with Crippen LogP contribution in [0.2, 0.25) is 0 Å². The zero-order chi connectivity index (χ0) is 44.4. The van der Waals surface area contributed by atoms with Gasteiger partial charge in [-0.3, -0.25) is 9.59 Å². The first kappa shape index (κ1) is 18.4. The van der Waals surface area contributed by atoms with Gasteiger partial charge in [0.25, 0.3) is 0 Å². The van der Waals surface area contributed by atoms with Crippen LogP contribution < -0.4 is 0 Å². The standard InChI is InChI=1S/C36H68O4/c1-3-5-7-9-11-13-15-16-17-18-20-22-24-26-28-33-36(39)40-34(31-29-32-35(37)38)30-27-25-23-21-19-14-12-10-8-6-4-2/h16-17,34H,3-15,18-33H2,1-2H3,(H,37,38)/b17-16+/i1D3,3D2,5D2,7D2,9D2,11D2,13D2,15D2. The predicted molar refractivity (Wildman–Crippen MR) is 172 cm³/mol. The first-order valence-corrected chi connectivity index (χ1v) is 15.6. The van der Waals surface area contributed by atoms with E-state index >= 15 is 0 Å². The molecule has 0 aromatic carbocycles. The zero-order valence-corrected chi connectivity index (χ0v) is 25.0. The van der Waals surface area contributed by atoms with Crippen LogP contribution in [-0.4, -0.2) is 23.1 Å². The third kappa shape index (κ3) is 31.2. The monoisotopic (exact) mass is 582 g/mol. The molecule has 4 nitrogen and oxygen atoms in total. The van der Waals surface area contributed by atoms with Gasteiger partial charge in [-0.25, -0.2) is 0 Å². The topological polar surface area (TPSA) is 63.6 Å². The highest BCUT2D eigenvalue weighted by atomic mass is 16.5. The van der Waals surface area contributed by atoms with E-state index in [2.05, 4.69) is 6.92 Å². The molecular formula is C36H68O4. The van der Waals surface area contributed by atoms with Crippen molar-refractivity contribution >= 4 is 11.9 Å². The molecule has 0 saturated heterocycles. The lowest BCUT2D eigenvalue weighted by Gasteiger charge is -2.18. The molecule has 0 bridgehead atoms. The Morgan fingerprint density at radius 1 is 0.700 bits per heavy atom. The second kappa shape index (κ2) is 32.2. The van der Waals surface area contributed by atoms with Crippen molar-refractivity contribution in [1.29, 1.82) is 0 Å². The van der Waals surface area contributed by atoms with Gasteiger partial charge in [0.2, 0.25) is 0 Å². The van der Waals surface area contributed by atoms with Crippen LogP contribution in [-0.2, 0) is 14.3 Å². The number of carbonyl (C=O) groups is 2. The molecule has 40 heavy (non-hydrogen) atoms. The number of rotatable bonds is 32. The average Bonchev–Trinajstić information content (AvgIpc) is 3.08. The first-order chi connectivity index (χ1) is 26.0. The largest absolute Gasteiger partial charge is 0.481 e. The van der Waals surface area contributed by atoms with Gasteiger partial charge in [0, 0.05) is 36.1 Å². The van der Waals surface area contributed by atoms with Crippen LogP contribution in [0.1, 0.15) is 223 Å². The number of ether oxygens (including phenoxy) is 1. The highest BCUT2D eigenvalue weighted by molar-refractivity contribution is 5.69. The predicted octanol–water partition coefficient (Wildman–Crippen LogP) is 11.9. The fourth-order valence-electron chi connectivity index (χ4n) is 4.43. The lowest BCUT2D eigenvalue weighted by atomic mass is 10.0. The third-order valence-corrected chi connectivity index (χ3v) is 6.68. The van der Waals surface area contributed by atoms with Gasteiger partial charge in [-0.2, -0.15) is 0 Å². The van der Waals surface area contributed by atoms with Gasteiger partial charge in [-0.05, 0) is 57.7 Å². The molecule has 1 atom stereocenters. The van der Waals surface area contributed by atoms with Crippen molar-refractivity contribution in [2.75, 3.05) is 0 Å². The minimum absolute atomic E-state index is 0.0152. The van der Waals surface area contributed by atoms with Gasteiger partial charge in [0.1, 0.15) is 6.10 Å². The van der Waals surface area contributed by atoms with Crippen molar-refractivity contribution in [3.8, 4) is 0 Å². The summed E-state index contributed by atoms with van der Waals surface area (Å²) in [5.74, 6) is -1.22. The molecule has 0 fully saturated rings. The highest BCUT2D eigenvalue weighted by Crippen LogP contribution is 2.18. The third-order valence-electron chi connectivity index (χ3n) is 6.68. The summed E-state index contributed by atoms with van der Waals surface area (Å²) in [6.45, 7) is -1.60. The van der Waals surface area contributed by atoms with Crippen molar-refractivity contribution in [2.24, 2.45) is 0 Å². The second-order valence-corrected chi connectivity index (χ2v) is 10.3. The van der Waals surface area contributed by atoms with Crippen LogP contribution in [0, 0.1) is 0 Å². The molecule has 1 N–H and O–H groups in total. The molecule has 0 rings (SSSR count). The van der Waals surface area contributed by atoms with E-state index in [1.165, 1.54) is 57.4 Å². The van der Waals surface area contributed by atoms with Gasteiger partial charge in [-0.1, -0.05) is 141 Å². The number of carboxylic acids is 1. The van der Waals surface area contributed by atoms with Crippen molar-refractivity contribution in [3.05, 3.63) is 12.2 Å². The maximum Gasteiger partial charge on any atom is 0.306 e. The Balaban J connectivity index is 4.95. The van der Waals surface area contributed by atoms with E-state index in [0.29, 0.717) is 57.4 Å². The number of aliphatic carboxylic acids is 1. The molecule has 236 valence electrons. The summed E-state index contributed by atoms with van der Waals surface area (Å²) < 4.78 is 141. The molecule has 1 unspecified atom stereocenters. The quantitative estimate of drug-likeness (QED) is 0.0487. The lowest BCUT2D eigenvalue weighted by Crippen LogP contribution is -2.18. The highest BCUT2D eigenvalue weighted by Gasteiger charge is 2.15. The van der Waals surface area contributed by atoms with Gasteiger partial charge in [0.15, 0.2) is 0 Å². The van der Waals surface area contributed by atoms with Crippen LogP contribution >= 0.6 is 0 Å². The molecule has 0 aromatic rings. The Hall–Kier alpha value is -1.32. The summed E-state index contributed by atoms with van der Waals surface area (Å²) in [5.41, 5.74) is 0. The smallest absolute Gasteiger partial charge is 0.306 e. The number of carbonyl (C=O) groups excluding carboxylic acids is 1. The number of unbranched alkanes of at least 4 members (excludes halogenated alkanes) is 15. The van der Waals surface area contributed by atoms with Gasteiger partial charge in [0.05, 0.1) is 0 Å². The summed E-state index contributed by atoms with van der Waals surface area (Å²) >= 11 is 0. The van der Waals surface area contributed by atoms with Crippen molar-refractivity contribution in [1.82, 2.24) is 0 Å². The van der Waals surface area contributed by atoms with Crippen molar-refractivity contribution < 1.29 is 42.7 Å². The van der Waals surface area contributed by atoms with Crippen LogP contribution in [0.3, 0.4) is 0 Å². The van der Waals surface area contributed by atoms with Crippen LogP contribution in [0.4, 0.5) is 0 Å². The van der Waals surface area contributed by atoms with Crippen LogP contribution in [0.25, 0.3) is 0 Å². The maximum absolute atomic E-state index is 12.6. The number of carboxylic acid groups (broad SMARTS) is 1. The summed E-state index contributed by atoms with van der Waals surface area (Å²) in [4.78, 5) is 23.6. The van der Waals surface area contributed by atoms with Crippen LogP contribution in [0.15, 0.2) is 12.2 Å². The maximum atomic E-state index is 12.6. The lowest BCUT2D eigenvalue weighted by molar-refractivity contribution is -0.150. The van der Waals surface area contributed by atoms with E-state index in [9.17, 15) is 9.59 Å². The Morgan fingerprint density at radius 2 is 1.27 bits per heavy atom. The molecular weight excluding hydrogens is 496 g/mol. The normalized spacial score (nSPS) is 21.4. The Labute approximate surface area is 273 Å². The minimum atomic E-state index is -4.30. The fourth-order valence-corrected chi connectivity index (χ4v) is 4.43. The summed E-state index contributed by atoms with van der Waals surface area (Å²) in [6.07, 6.45) is -8.18. The van der Waals surface area contributed by atoms with E-state index in [0.717, 1.165) is 19.3 Å². The van der Waals surface area contributed by atoms with E-state index in [-0.39, 0.29) is 31.3 Å². The number of esters is 1. The molecule has 4 heteroatoms. The minimum Gasteiger partial charge on any atom is -0.481 e. The zero-order valence-electron chi connectivity index (χ0n) is 42.0. The van der Waals surface area contributed by atoms with E-state index < -0.39 is 57.4 Å². The van der Waals surface area contributed by atoms with Crippen LogP contribution in [0.5, 0.6) is 0 Å². The second-order valence-electron chi connectivity index (χ2n) is 10.3. The van der Waals surface area contributed by atoms with Crippen molar-refractivity contribution in [3.63, 3.8) is 0 Å². The molecule has 0 aliphatic carbocycles. The number of hydrogen-bond acceptors (Lipinski definition) is 3. The molecule has 0 spiro atoms. The van der Waals surface area contributed by atoms with Gasteiger partial charge >= 0.3 is 11.9 Å². The first-order valence-electron chi connectivity index (χ1n) is 24.1. The average molecular weight is 582 g/mol. The molecule has 0 radical (unpaired) electrons. The van der Waals surface area contributed by atoms with E-state index in [1.807, 2.05) is 0 Å². The molecule has 0 aromatic heterocycles. The summed E-state index contributed by atoms with van der Waals surface area (Å²) in [7, 11) is 0. The van der Waals surface area contributed by atoms with Crippen molar-refractivity contribution in [2.45, 2.75) is 206 Å². The SMILES string of the molecule is [2H]C([2H])([2H])C([2H])([2H])C([2H])([2H])C([2H])([2H])C([2H])([2H])C([2H])([2H])C([2H])([2H])C([2H])([2H])/C=C/CCCCCCCC(=O)OC(CCCCCCCCCCCCC)CCCC(=O)O. The molecule has 0 amide bonds. The van der Waals surface area contributed by atoms with Gasteiger partial charge < -0.3 is 9.84 Å². The molecule has 0 aliphatic heterocycles. The number of allylic oxidation sites excluding steroid dienone is 2. The van der Waals surface area contributed by atoms with E-state index in [1.54, 1.807) is 0 Å². The summed E-state index contributed by atoms with van der Waals surface area (Å²) in [5, 5.41) is 9.02. The molecule has 0 saturated carbocycles. The van der Waals surface area contributed by atoms with Gasteiger partial charge in [-0.15, -0.1) is 0 Å². The Bertz CT molecular complexity index is 1200.